The van der Waals surface area contributed by atoms with Gasteiger partial charge in [0.1, 0.15) is 0 Å². The number of benzene rings is 2. The highest BCUT2D eigenvalue weighted by molar-refractivity contribution is 7.80. The summed E-state index contributed by atoms with van der Waals surface area (Å²) >= 11 is 17.0. The quantitative estimate of drug-likeness (QED) is 0.516. The molecule has 4 nitrogen and oxygen atoms in total. The minimum atomic E-state index is -0.321. The molecule has 0 aliphatic rings. The molecule has 25 heavy (non-hydrogen) atoms. The second-order valence-corrected chi connectivity index (χ2v) is 7.13. The van der Waals surface area contributed by atoms with E-state index in [4.69, 9.17) is 35.4 Å². The van der Waals surface area contributed by atoms with Crippen molar-refractivity contribution in [3.8, 4) is 0 Å². The smallest absolute Gasteiger partial charge is 0.246 e. The SMILES string of the molecule is CC(C)[C@H](C(=O)NNC(=S)Nc1cccc(Cl)c1)c1ccc(Cl)cc1. The fourth-order valence-corrected chi connectivity index (χ4v) is 2.92. The monoisotopic (exact) mass is 395 g/mol. The van der Waals surface area contributed by atoms with Gasteiger partial charge in [-0.3, -0.25) is 15.6 Å². The molecule has 0 saturated heterocycles. The third-order valence-electron chi connectivity index (χ3n) is 3.56. The first-order chi connectivity index (χ1) is 11.9. The maximum atomic E-state index is 12.6. The van der Waals surface area contributed by atoms with Gasteiger partial charge in [-0.1, -0.05) is 55.2 Å². The zero-order valence-corrected chi connectivity index (χ0v) is 16.2. The molecule has 2 rings (SSSR count). The summed E-state index contributed by atoms with van der Waals surface area (Å²) in [4.78, 5) is 12.6. The van der Waals surface area contributed by atoms with Gasteiger partial charge < -0.3 is 5.32 Å². The molecular weight excluding hydrogens is 377 g/mol. The Morgan fingerprint density at radius 3 is 2.28 bits per heavy atom. The minimum Gasteiger partial charge on any atom is -0.331 e. The van der Waals surface area contributed by atoms with E-state index in [1.54, 1.807) is 30.3 Å². The third kappa shape index (κ3) is 5.88. The Morgan fingerprint density at radius 1 is 1.00 bits per heavy atom. The maximum absolute atomic E-state index is 12.6. The molecule has 132 valence electrons. The highest BCUT2D eigenvalue weighted by atomic mass is 35.5. The lowest BCUT2D eigenvalue weighted by Gasteiger charge is -2.21. The van der Waals surface area contributed by atoms with Gasteiger partial charge in [0.25, 0.3) is 0 Å². The van der Waals surface area contributed by atoms with Gasteiger partial charge in [0, 0.05) is 15.7 Å². The molecule has 0 fully saturated rings. The van der Waals surface area contributed by atoms with E-state index in [9.17, 15) is 4.79 Å². The largest absolute Gasteiger partial charge is 0.331 e. The number of carbonyl (C=O) groups excluding carboxylic acids is 1. The number of carbonyl (C=O) groups is 1. The molecule has 0 saturated carbocycles. The standard InChI is InChI=1S/C18H19Cl2N3OS/c1-11(2)16(12-6-8-13(19)9-7-12)17(24)22-23-18(25)21-15-5-3-4-14(20)10-15/h3-11,16H,1-2H3,(H,22,24)(H2,21,23,25)/t16-/m0/s1. The molecule has 2 aromatic rings. The van der Waals surface area contributed by atoms with Crippen LogP contribution in [0.4, 0.5) is 5.69 Å². The van der Waals surface area contributed by atoms with Crippen molar-refractivity contribution >= 4 is 52.1 Å². The van der Waals surface area contributed by atoms with Crippen molar-refractivity contribution in [2.75, 3.05) is 5.32 Å². The van der Waals surface area contributed by atoms with Crippen molar-refractivity contribution in [1.82, 2.24) is 10.9 Å². The summed E-state index contributed by atoms with van der Waals surface area (Å²) in [5, 5.41) is 4.46. The summed E-state index contributed by atoms with van der Waals surface area (Å²) in [7, 11) is 0. The number of anilines is 1. The molecular formula is C18H19Cl2N3OS. The molecule has 0 bridgehead atoms. The summed E-state index contributed by atoms with van der Waals surface area (Å²) < 4.78 is 0. The van der Waals surface area contributed by atoms with Crippen molar-refractivity contribution in [3.05, 3.63) is 64.1 Å². The molecule has 3 N–H and O–H groups in total. The van der Waals surface area contributed by atoms with Crippen molar-refractivity contribution in [3.63, 3.8) is 0 Å². The summed E-state index contributed by atoms with van der Waals surface area (Å²) in [6.07, 6.45) is 0. The topological polar surface area (TPSA) is 53.2 Å². The van der Waals surface area contributed by atoms with E-state index in [0.29, 0.717) is 10.0 Å². The van der Waals surface area contributed by atoms with Crippen molar-refractivity contribution < 1.29 is 4.79 Å². The third-order valence-corrected chi connectivity index (χ3v) is 4.25. The molecule has 0 unspecified atom stereocenters. The van der Waals surface area contributed by atoms with Gasteiger partial charge in [-0.15, -0.1) is 0 Å². The Labute approximate surface area is 162 Å². The number of amides is 1. The number of halogens is 2. The number of hydrogen-bond donors (Lipinski definition) is 3. The van der Waals surface area contributed by atoms with E-state index in [0.717, 1.165) is 11.3 Å². The van der Waals surface area contributed by atoms with Gasteiger partial charge in [-0.05, 0) is 54.0 Å². The number of hydrogen-bond acceptors (Lipinski definition) is 2. The van der Waals surface area contributed by atoms with Gasteiger partial charge in [-0.2, -0.15) is 0 Å². The lowest BCUT2D eigenvalue weighted by molar-refractivity contribution is -0.124. The first-order valence-corrected chi connectivity index (χ1v) is 8.91. The summed E-state index contributed by atoms with van der Waals surface area (Å²) in [5.41, 5.74) is 7.00. The number of hydrazine groups is 1. The zero-order valence-electron chi connectivity index (χ0n) is 13.8. The van der Waals surface area contributed by atoms with Crippen molar-refractivity contribution in [1.29, 1.82) is 0 Å². The Kier molecular flexibility index (Phi) is 7.05. The maximum Gasteiger partial charge on any atom is 0.246 e. The van der Waals surface area contributed by atoms with E-state index in [1.165, 1.54) is 0 Å². The highest BCUT2D eigenvalue weighted by Crippen LogP contribution is 2.25. The van der Waals surface area contributed by atoms with Crippen LogP contribution in [0.5, 0.6) is 0 Å². The van der Waals surface area contributed by atoms with Crippen LogP contribution in [0.25, 0.3) is 0 Å². The molecule has 1 amide bonds. The van der Waals surface area contributed by atoms with Crippen LogP contribution in [0.15, 0.2) is 48.5 Å². The summed E-state index contributed by atoms with van der Waals surface area (Å²) in [6.45, 7) is 3.97. The van der Waals surface area contributed by atoms with Crippen LogP contribution in [-0.2, 0) is 4.79 Å². The molecule has 0 spiro atoms. The Morgan fingerprint density at radius 2 is 1.68 bits per heavy atom. The lowest BCUT2D eigenvalue weighted by Crippen LogP contribution is -2.46. The van der Waals surface area contributed by atoms with Crippen molar-refractivity contribution in [2.24, 2.45) is 5.92 Å². The van der Waals surface area contributed by atoms with Crippen LogP contribution in [0, 0.1) is 5.92 Å². The average Bonchev–Trinajstić information content (AvgIpc) is 2.55. The van der Waals surface area contributed by atoms with Gasteiger partial charge >= 0.3 is 0 Å². The Bertz CT molecular complexity index is 750. The molecule has 0 heterocycles. The fourth-order valence-electron chi connectivity index (χ4n) is 2.43. The molecule has 0 aliphatic carbocycles. The highest BCUT2D eigenvalue weighted by Gasteiger charge is 2.24. The van der Waals surface area contributed by atoms with Crippen LogP contribution in [0.3, 0.4) is 0 Å². The molecule has 0 radical (unpaired) electrons. The van der Waals surface area contributed by atoms with Crippen LogP contribution in [0.2, 0.25) is 10.0 Å². The predicted molar refractivity (Wildman–Crippen MR) is 108 cm³/mol. The minimum absolute atomic E-state index is 0.109. The molecule has 0 aromatic heterocycles. The first kappa shape index (κ1) is 19.5. The average molecular weight is 396 g/mol. The molecule has 1 atom stereocenters. The van der Waals surface area contributed by atoms with Gasteiger partial charge in [0.15, 0.2) is 5.11 Å². The fraction of sp³-hybridized carbons (Fsp3) is 0.222. The van der Waals surface area contributed by atoms with Crippen LogP contribution < -0.4 is 16.2 Å². The number of thiocarbonyl (C=S) groups is 1. The van der Waals surface area contributed by atoms with Crippen LogP contribution in [-0.4, -0.2) is 11.0 Å². The van der Waals surface area contributed by atoms with E-state index >= 15 is 0 Å². The first-order valence-electron chi connectivity index (χ1n) is 7.74. The van der Waals surface area contributed by atoms with Crippen LogP contribution >= 0.6 is 35.4 Å². The molecule has 2 aromatic carbocycles. The molecule has 0 aliphatic heterocycles. The Balaban J connectivity index is 1.96. The van der Waals surface area contributed by atoms with Crippen molar-refractivity contribution in [2.45, 2.75) is 19.8 Å². The second kappa shape index (κ2) is 9.04. The lowest BCUT2D eigenvalue weighted by atomic mass is 9.88. The zero-order chi connectivity index (χ0) is 18.4. The van der Waals surface area contributed by atoms with E-state index in [2.05, 4.69) is 16.2 Å². The normalized spacial score (nSPS) is 11.7. The summed E-state index contributed by atoms with van der Waals surface area (Å²) in [5.74, 6) is -0.385. The number of nitrogens with one attached hydrogen (secondary N) is 3. The predicted octanol–water partition coefficient (Wildman–Crippen LogP) is 4.75. The van der Waals surface area contributed by atoms with E-state index in [1.807, 2.05) is 32.0 Å². The van der Waals surface area contributed by atoms with E-state index < -0.39 is 0 Å². The van der Waals surface area contributed by atoms with Gasteiger partial charge in [0.2, 0.25) is 5.91 Å². The summed E-state index contributed by atoms with van der Waals surface area (Å²) in [6, 6.07) is 14.4. The van der Waals surface area contributed by atoms with Crippen LogP contribution in [0.1, 0.15) is 25.3 Å². The molecule has 7 heteroatoms. The Hall–Kier alpha value is -1.82. The second-order valence-electron chi connectivity index (χ2n) is 5.85. The van der Waals surface area contributed by atoms with Gasteiger partial charge in [-0.25, -0.2) is 0 Å². The number of rotatable bonds is 4. The van der Waals surface area contributed by atoms with Gasteiger partial charge in [0.05, 0.1) is 5.92 Å². The van der Waals surface area contributed by atoms with E-state index in [-0.39, 0.29) is 22.9 Å².